The van der Waals surface area contributed by atoms with Gasteiger partial charge in [0.2, 0.25) is 5.91 Å². The van der Waals surface area contributed by atoms with Crippen LogP contribution in [0.15, 0.2) is 6.20 Å². The first kappa shape index (κ1) is 16.5. The number of nitrogens with zero attached hydrogens (tertiary/aromatic N) is 3. The van der Waals surface area contributed by atoms with Gasteiger partial charge in [0, 0.05) is 6.42 Å². The van der Waals surface area contributed by atoms with Gasteiger partial charge >= 0.3 is 5.97 Å². The second kappa shape index (κ2) is 7.91. The van der Waals surface area contributed by atoms with Gasteiger partial charge in [-0.1, -0.05) is 44.2 Å². The Hall–Kier alpha value is -1.92. The van der Waals surface area contributed by atoms with Crippen LogP contribution in [0.4, 0.5) is 0 Å². The van der Waals surface area contributed by atoms with Gasteiger partial charge in [-0.05, 0) is 11.8 Å². The molecule has 0 spiro atoms. The Labute approximate surface area is 130 Å². The molecule has 1 fully saturated rings. The summed E-state index contributed by atoms with van der Waals surface area (Å²) in [5.41, 5.74) is 0.569. The first-order valence-corrected chi connectivity index (χ1v) is 7.92. The van der Waals surface area contributed by atoms with E-state index in [1.165, 1.54) is 36.8 Å². The number of aromatic nitrogens is 3. The van der Waals surface area contributed by atoms with Gasteiger partial charge in [0.15, 0.2) is 0 Å². The van der Waals surface area contributed by atoms with Crippen LogP contribution in [0.3, 0.4) is 0 Å². The zero-order valence-electron chi connectivity index (χ0n) is 13.0. The second-order valence-electron chi connectivity index (χ2n) is 6.16. The molecule has 1 heterocycles. The van der Waals surface area contributed by atoms with Crippen molar-refractivity contribution in [3.63, 3.8) is 0 Å². The lowest BCUT2D eigenvalue weighted by atomic mass is 9.79. The lowest BCUT2D eigenvalue weighted by Crippen LogP contribution is -2.27. The minimum atomic E-state index is -0.971. The summed E-state index contributed by atoms with van der Waals surface area (Å²) in [5.74, 6) is 0.117. The Morgan fingerprint density at radius 1 is 1.41 bits per heavy atom. The SMILES string of the molecule is CC(CC(=O)NCc1cn(CC(=O)O)nn1)C1CCCCC1. The monoisotopic (exact) mass is 308 g/mol. The molecular formula is C15H24N4O3. The van der Waals surface area contributed by atoms with Crippen LogP contribution >= 0.6 is 0 Å². The smallest absolute Gasteiger partial charge is 0.325 e. The van der Waals surface area contributed by atoms with Crippen molar-refractivity contribution in [3.05, 3.63) is 11.9 Å². The number of carbonyl (C=O) groups excluding carboxylic acids is 1. The van der Waals surface area contributed by atoms with Crippen LogP contribution in [0.2, 0.25) is 0 Å². The van der Waals surface area contributed by atoms with Gasteiger partial charge in [0.05, 0.1) is 12.7 Å². The van der Waals surface area contributed by atoms with Gasteiger partial charge in [-0.15, -0.1) is 5.10 Å². The van der Waals surface area contributed by atoms with E-state index in [0.29, 0.717) is 24.0 Å². The van der Waals surface area contributed by atoms with Crippen molar-refractivity contribution in [2.45, 2.75) is 58.5 Å². The van der Waals surface area contributed by atoms with Crippen molar-refractivity contribution in [1.29, 1.82) is 0 Å². The third-order valence-electron chi connectivity index (χ3n) is 4.31. The Balaban J connectivity index is 1.72. The van der Waals surface area contributed by atoms with Crippen molar-refractivity contribution < 1.29 is 14.7 Å². The lowest BCUT2D eigenvalue weighted by Gasteiger charge is -2.27. The van der Waals surface area contributed by atoms with E-state index in [-0.39, 0.29) is 19.0 Å². The first-order chi connectivity index (χ1) is 10.5. The molecule has 0 radical (unpaired) electrons. The van der Waals surface area contributed by atoms with Crippen LogP contribution in [0.1, 0.15) is 51.1 Å². The summed E-state index contributed by atoms with van der Waals surface area (Å²) in [7, 11) is 0. The molecule has 0 bridgehead atoms. The Morgan fingerprint density at radius 3 is 2.82 bits per heavy atom. The molecule has 1 saturated carbocycles. The molecule has 1 aromatic rings. The number of rotatable bonds is 7. The number of carboxylic acid groups (broad SMARTS) is 1. The number of nitrogens with one attached hydrogen (secondary N) is 1. The number of carbonyl (C=O) groups is 2. The number of aliphatic carboxylic acids is 1. The average Bonchev–Trinajstić information content (AvgIpc) is 2.93. The maximum absolute atomic E-state index is 12.0. The zero-order chi connectivity index (χ0) is 15.9. The fourth-order valence-electron chi connectivity index (χ4n) is 3.06. The first-order valence-electron chi connectivity index (χ1n) is 7.92. The molecule has 0 aliphatic heterocycles. The fourth-order valence-corrected chi connectivity index (χ4v) is 3.06. The molecule has 0 aromatic carbocycles. The topological polar surface area (TPSA) is 97.1 Å². The van der Waals surface area contributed by atoms with Crippen LogP contribution in [0.5, 0.6) is 0 Å². The highest BCUT2D eigenvalue weighted by molar-refractivity contribution is 5.76. The maximum Gasteiger partial charge on any atom is 0.325 e. The molecule has 1 atom stereocenters. The Morgan fingerprint density at radius 2 is 2.14 bits per heavy atom. The Kier molecular flexibility index (Phi) is 5.91. The molecule has 0 saturated heterocycles. The molecule has 1 unspecified atom stereocenters. The third kappa shape index (κ3) is 5.13. The third-order valence-corrected chi connectivity index (χ3v) is 4.31. The van der Waals surface area contributed by atoms with Crippen molar-refractivity contribution in [2.75, 3.05) is 0 Å². The van der Waals surface area contributed by atoms with Gasteiger partial charge in [0.1, 0.15) is 12.2 Å². The molecular weight excluding hydrogens is 284 g/mol. The van der Waals surface area contributed by atoms with E-state index in [4.69, 9.17) is 5.11 Å². The van der Waals surface area contributed by atoms with E-state index >= 15 is 0 Å². The largest absolute Gasteiger partial charge is 0.480 e. The van der Waals surface area contributed by atoms with E-state index in [9.17, 15) is 9.59 Å². The molecule has 122 valence electrons. The van der Waals surface area contributed by atoms with Crippen molar-refractivity contribution in [1.82, 2.24) is 20.3 Å². The standard InChI is InChI=1S/C15H24N4O3/c1-11(12-5-3-2-4-6-12)7-14(20)16-8-13-9-19(18-17-13)10-15(21)22/h9,11-12H,2-8,10H2,1H3,(H,16,20)(H,21,22). The van der Waals surface area contributed by atoms with E-state index in [1.807, 2.05) is 0 Å². The molecule has 7 nitrogen and oxygen atoms in total. The number of hydrogen-bond donors (Lipinski definition) is 2. The highest BCUT2D eigenvalue weighted by atomic mass is 16.4. The molecule has 1 aliphatic carbocycles. The van der Waals surface area contributed by atoms with Crippen LogP contribution < -0.4 is 5.32 Å². The average molecular weight is 308 g/mol. The van der Waals surface area contributed by atoms with Crippen molar-refractivity contribution in [3.8, 4) is 0 Å². The minimum absolute atomic E-state index is 0.0193. The van der Waals surface area contributed by atoms with E-state index < -0.39 is 5.97 Å². The number of amides is 1. The highest BCUT2D eigenvalue weighted by Gasteiger charge is 2.22. The second-order valence-corrected chi connectivity index (χ2v) is 6.16. The van der Waals surface area contributed by atoms with Crippen molar-refractivity contribution >= 4 is 11.9 Å². The minimum Gasteiger partial charge on any atom is -0.480 e. The van der Waals surface area contributed by atoms with Crippen LogP contribution in [-0.2, 0) is 22.7 Å². The molecule has 2 N–H and O–H groups in total. The van der Waals surface area contributed by atoms with Gasteiger partial charge < -0.3 is 10.4 Å². The summed E-state index contributed by atoms with van der Waals surface area (Å²) >= 11 is 0. The Bertz CT molecular complexity index is 509. The van der Waals surface area contributed by atoms with Gasteiger partial charge in [0.25, 0.3) is 0 Å². The number of hydrogen-bond acceptors (Lipinski definition) is 4. The summed E-state index contributed by atoms with van der Waals surface area (Å²) in [5, 5.41) is 19.0. The quantitative estimate of drug-likeness (QED) is 0.797. The molecule has 2 rings (SSSR count). The summed E-state index contributed by atoms with van der Waals surface area (Å²) < 4.78 is 1.24. The molecule has 1 amide bonds. The van der Waals surface area contributed by atoms with E-state index in [1.54, 1.807) is 6.20 Å². The fraction of sp³-hybridized carbons (Fsp3) is 0.733. The summed E-state index contributed by atoms with van der Waals surface area (Å²) in [6, 6.07) is 0. The maximum atomic E-state index is 12.0. The van der Waals surface area contributed by atoms with Gasteiger partial charge in [-0.25, -0.2) is 4.68 Å². The highest BCUT2D eigenvalue weighted by Crippen LogP contribution is 2.31. The zero-order valence-corrected chi connectivity index (χ0v) is 13.0. The molecule has 22 heavy (non-hydrogen) atoms. The van der Waals surface area contributed by atoms with Crippen LogP contribution in [0, 0.1) is 11.8 Å². The molecule has 1 aromatic heterocycles. The number of carboxylic acids is 1. The molecule has 7 heteroatoms. The van der Waals surface area contributed by atoms with E-state index in [2.05, 4.69) is 22.6 Å². The van der Waals surface area contributed by atoms with Crippen LogP contribution in [-0.4, -0.2) is 32.0 Å². The summed E-state index contributed by atoms with van der Waals surface area (Å²) in [6.07, 6.45) is 8.43. The van der Waals surface area contributed by atoms with E-state index in [0.717, 1.165) is 0 Å². The predicted octanol–water partition coefficient (Wildman–Crippen LogP) is 1.59. The predicted molar refractivity (Wildman–Crippen MR) is 79.9 cm³/mol. The lowest BCUT2D eigenvalue weighted by molar-refractivity contribution is -0.138. The van der Waals surface area contributed by atoms with Gasteiger partial charge in [-0.2, -0.15) is 0 Å². The van der Waals surface area contributed by atoms with Gasteiger partial charge in [-0.3, -0.25) is 9.59 Å². The normalized spacial score (nSPS) is 17.1. The summed E-state index contributed by atoms with van der Waals surface area (Å²) in [6.45, 7) is 2.22. The molecule has 1 aliphatic rings. The summed E-state index contributed by atoms with van der Waals surface area (Å²) in [4.78, 5) is 22.6. The van der Waals surface area contributed by atoms with Crippen molar-refractivity contribution in [2.24, 2.45) is 11.8 Å². The van der Waals surface area contributed by atoms with Crippen LogP contribution in [0.25, 0.3) is 0 Å².